The summed E-state index contributed by atoms with van der Waals surface area (Å²) in [6.45, 7) is 7.27. The highest BCUT2D eigenvalue weighted by Crippen LogP contribution is 1.92. The zero-order chi connectivity index (χ0) is 6.57. The summed E-state index contributed by atoms with van der Waals surface area (Å²) in [5.41, 5.74) is 1.32. The van der Waals surface area contributed by atoms with Gasteiger partial charge in [0.05, 0.1) is 0 Å². The van der Waals surface area contributed by atoms with E-state index in [2.05, 4.69) is 6.58 Å². The average Bonchev–Trinajstić information content (AvgIpc) is 1.67. The highest BCUT2D eigenvalue weighted by molar-refractivity contribution is 5.97. The molecule has 1 nitrogen and oxygen atoms in total. The lowest BCUT2D eigenvalue weighted by Crippen LogP contribution is -1.87. The molecule has 0 aliphatic heterocycles. The predicted molar refractivity (Wildman–Crippen MR) is 37.4 cm³/mol. The first-order valence-corrected chi connectivity index (χ1v) is 2.55. The van der Waals surface area contributed by atoms with Crippen LogP contribution < -0.4 is 0 Å². The monoisotopic (exact) mass is 109 g/mol. The van der Waals surface area contributed by atoms with E-state index in [9.17, 15) is 0 Å². The molecule has 0 spiro atoms. The minimum atomic E-state index is 0.531. The smallest absolute Gasteiger partial charge is 0.0349 e. The average molecular weight is 109 g/mol. The fraction of sp³-hybridized carbons (Fsp3) is 0.286. The Morgan fingerprint density at radius 3 is 2.25 bits per heavy atom. The molecule has 0 saturated carbocycles. The Bertz CT molecular complexity index is 131. The minimum absolute atomic E-state index is 0.531. The van der Waals surface area contributed by atoms with Crippen molar-refractivity contribution in [3.63, 3.8) is 0 Å². The topological polar surface area (TPSA) is 23.9 Å². The fourth-order valence-electron chi connectivity index (χ4n) is 0.326. The molecule has 8 heavy (non-hydrogen) atoms. The van der Waals surface area contributed by atoms with E-state index in [4.69, 9.17) is 5.41 Å². The summed E-state index contributed by atoms with van der Waals surface area (Å²) in [6, 6.07) is 0. The molecule has 0 unspecified atom stereocenters. The van der Waals surface area contributed by atoms with Crippen molar-refractivity contribution in [3.05, 3.63) is 24.3 Å². The first kappa shape index (κ1) is 7.15. The van der Waals surface area contributed by atoms with Crippen molar-refractivity contribution in [2.45, 2.75) is 13.8 Å². The lowest BCUT2D eigenvalue weighted by molar-refractivity contribution is 1.47. The zero-order valence-electron chi connectivity index (χ0n) is 5.36. The molecule has 0 radical (unpaired) electrons. The van der Waals surface area contributed by atoms with Gasteiger partial charge in [0.1, 0.15) is 0 Å². The van der Waals surface area contributed by atoms with Crippen molar-refractivity contribution in [2.24, 2.45) is 0 Å². The molecule has 0 rings (SSSR count). The normalized spacial score (nSPS) is 9.75. The summed E-state index contributed by atoms with van der Waals surface area (Å²) in [6.07, 6.45) is 3.70. The highest BCUT2D eigenvalue weighted by atomic mass is 14.4. The van der Waals surface area contributed by atoms with E-state index in [0.29, 0.717) is 5.71 Å². The molecule has 44 valence electrons. The third-order valence-corrected chi connectivity index (χ3v) is 0.850. The van der Waals surface area contributed by atoms with Crippen LogP contribution in [0, 0.1) is 5.41 Å². The summed E-state index contributed by atoms with van der Waals surface area (Å²) in [5, 5.41) is 7.05. The number of allylic oxidation sites excluding steroid dienone is 3. The maximum Gasteiger partial charge on any atom is 0.0349 e. The molecular weight excluding hydrogens is 98.1 g/mol. The van der Waals surface area contributed by atoms with Gasteiger partial charge in [-0.25, -0.2) is 0 Å². The van der Waals surface area contributed by atoms with Crippen LogP contribution >= 0.6 is 0 Å². The van der Waals surface area contributed by atoms with Gasteiger partial charge in [0, 0.05) is 5.71 Å². The SMILES string of the molecule is C=C(/C=C\C)C(C)=N. The van der Waals surface area contributed by atoms with Gasteiger partial charge in [-0.05, 0) is 19.4 Å². The molecule has 0 heterocycles. The van der Waals surface area contributed by atoms with Crippen LogP contribution in [0.15, 0.2) is 24.3 Å². The van der Waals surface area contributed by atoms with E-state index >= 15 is 0 Å². The second kappa shape index (κ2) is 3.19. The van der Waals surface area contributed by atoms with Crippen molar-refractivity contribution in [1.29, 1.82) is 5.41 Å². The third kappa shape index (κ3) is 2.35. The molecule has 0 aromatic heterocycles. The first-order valence-electron chi connectivity index (χ1n) is 2.55. The van der Waals surface area contributed by atoms with Crippen LogP contribution in [-0.2, 0) is 0 Å². The number of hydrogen-bond donors (Lipinski definition) is 1. The van der Waals surface area contributed by atoms with Crippen molar-refractivity contribution in [1.82, 2.24) is 0 Å². The van der Waals surface area contributed by atoms with Gasteiger partial charge in [0.25, 0.3) is 0 Å². The standard InChI is InChI=1S/C7H11N/c1-4-5-6(2)7(3)8/h4-5,8H,2H2,1,3H3/b5-4-,8-7?. The van der Waals surface area contributed by atoms with Gasteiger partial charge in [-0.15, -0.1) is 0 Å². The molecule has 0 aliphatic rings. The lowest BCUT2D eigenvalue weighted by atomic mass is 10.2. The molecule has 1 N–H and O–H groups in total. The number of hydrogen-bond acceptors (Lipinski definition) is 1. The molecule has 0 fully saturated rings. The van der Waals surface area contributed by atoms with Crippen molar-refractivity contribution in [2.75, 3.05) is 0 Å². The van der Waals surface area contributed by atoms with Crippen LogP contribution in [0.2, 0.25) is 0 Å². The zero-order valence-corrected chi connectivity index (χ0v) is 5.36. The Labute approximate surface area is 50.2 Å². The Morgan fingerprint density at radius 1 is 1.62 bits per heavy atom. The Kier molecular flexibility index (Phi) is 2.85. The first-order chi connectivity index (χ1) is 3.68. The highest BCUT2D eigenvalue weighted by Gasteiger charge is 1.85. The van der Waals surface area contributed by atoms with Crippen LogP contribution in [0.5, 0.6) is 0 Å². The van der Waals surface area contributed by atoms with Crippen molar-refractivity contribution in [3.8, 4) is 0 Å². The molecule has 0 aromatic rings. The summed E-state index contributed by atoms with van der Waals surface area (Å²) < 4.78 is 0. The van der Waals surface area contributed by atoms with Gasteiger partial charge >= 0.3 is 0 Å². The molecule has 0 saturated heterocycles. The molecule has 0 bridgehead atoms. The Morgan fingerprint density at radius 2 is 2.12 bits per heavy atom. The maximum absolute atomic E-state index is 7.05. The van der Waals surface area contributed by atoms with Crippen LogP contribution in [0.25, 0.3) is 0 Å². The summed E-state index contributed by atoms with van der Waals surface area (Å²) in [5.74, 6) is 0. The van der Waals surface area contributed by atoms with Crippen LogP contribution in [0.4, 0.5) is 0 Å². The van der Waals surface area contributed by atoms with Gasteiger partial charge in [-0.3, -0.25) is 0 Å². The summed E-state index contributed by atoms with van der Waals surface area (Å²) in [4.78, 5) is 0. The number of rotatable bonds is 2. The largest absolute Gasteiger partial charge is 0.305 e. The fourth-order valence-corrected chi connectivity index (χ4v) is 0.326. The van der Waals surface area contributed by atoms with E-state index < -0.39 is 0 Å². The molecule has 0 atom stereocenters. The predicted octanol–water partition coefficient (Wildman–Crippen LogP) is 2.16. The van der Waals surface area contributed by atoms with Crippen LogP contribution in [-0.4, -0.2) is 5.71 Å². The lowest BCUT2D eigenvalue weighted by Gasteiger charge is -1.90. The van der Waals surface area contributed by atoms with Gasteiger partial charge < -0.3 is 5.41 Å². The van der Waals surface area contributed by atoms with Crippen LogP contribution in [0.3, 0.4) is 0 Å². The molecular formula is C7H11N. The second-order valence-electron chi connectivity index (χ2n) is 1.65. The van der Waals surface area contributed by atoms with Gasteiger partial charge in [-0.2, -0.15) is 0 Å². The van der Waals surface area contributed by atoms with E-state index in [1.165, 1.54) is 0 Å². The summed E-state index contributed by atoms with van der Waals surface area (Å²) >= 11 is 0. The van der Waals surface area contributed by atoms with Crippen molar-refractivity contribution < 1.29 is 0 Å². The Balaban J connectivity index is 3.85. The molecule has 0 amide bonds. The van der Waals surface area contributed by atoms with Gasteiger partial charge in [0.2, 0.25) is 0 Å². The second-order valence-corrected chi connectivity index (χ2v) is 1.65. The van der Waals surface area contributed by atoms with Gasteiger partial charge in [-0.1, -0.05) is 18.7 Å². The van der Waals surface area contributed by atoms with Crippen LogP contribution in [0.1, 0.15) is 13.8 Å². The quantitative estimate of drug-likeness (QED) is 0.415. The van der Waals surface area contributed by atoms with Gasteiger partial charge in [0.15, 0.2) is 0 Å². The van der Waals surface area contributed by atoms with E-state index in [-0.39, 0.29) is 0 Å². The Hall–Kier alpha value is -0.850. The summed E-state index contributed by atoms with van der Waals surface area (Å²) in [7, 11) is 0. The van der Waals surface area contributed by atoms with E-state index in [1.807, 2.05) is 19.1 Å². The minimum Gasteiger partial charge on any atom is -0.305 e. The van der Waals surface area contributed by atoms with Crippen molar-refractivity contribution >= 4 is 5.71 Å². The molecule has 0 aliphatic carbocycles. The number of nitrogens with one attached hydrogen (secondary N) is 1. The molecule has 0 aromatic carbocycles. The van der Waals surface area contributed by atoms with E-state index in [1.54, 1.807) is 6.92 Å². The van der Waals surface area contributed by atoms with E-state index in [0.717, 1.165) is 5.57 Å². The maximum atomic E-state index is 7.05. The molecule has 1 heteroatoms. The third-order valence-electron chi connectivity index (χ3n) is 0.850.